The van der Waals surface area contributed by atoms with Crippen LogP contribution in [0.1, 0.15) is 50.2 Å². The lowest BCUT2D eigenvalue weighted by atomic mass is 9.40. The maximum atomic E-state index is 10.9. The zero-order valence-electron chi connectivity index (χ0n) is 15.4. The van der Waals surface area contributed by atoms with Crippen molar-refractivity contribution in [3.63, 3.8) is 0 Å². The van der Waals surface area contributed by atoms with Crippen molar-refractivity contribution in [3.05, 3.63) is 29.3 Å². The van der Waals surface area contributed by atoms with Gasteiger partial charge in [-0.25, -0.2) is 0 Å². The maximum absolute atomic E-state index is 10.9. The van der Waals surface area contributed by atoms with Gasteiger partial charge < -0.3 is 20.4 Å². The Morgan fingerprint density at radius 3 is 2.72 bits per heavy atom. The van der Waals surface area contributed by atoms with Crippen molar-refractivity contribution < 1.29 is 10.2 Å². The van der Waals surface area contributed by atoms with Crippen molar-refractivity contribution in [2.24, 2.45) is 5.41 Å². The van der Waals surface area contributed by atoms with Gasteiger partial charge in [-0.2, -0.15) is 0 Å². The number of phenolic OH excluding ortho intramolecular Hbond substituents is 1. The molecule has 0 aromatic heterocycles. The molecule has 1 aliphatic heterocycles. The molecular weight excluding hydrogens is 312 g/mol. The number of fused-ring (bicyclic) bond motifs is 2. The molecule has 4 heteroatoms. The summed E-state index contributed by atoms with van der Waals surface area (Å²) in [5.74, 6) is 0.373. The number of likely N-dealkylation sites (tertiary alicyclic amines) is 1. The van der Waals surface area contributed by atoms with E-state index in [9.17, 15) is 10.2 Å². The molecule has 136 valence electrons. The fraction of sp³-hybridized carbons (Fsp3) is 0.714. The van der Waals surface area contributed by atoms with Crippen molar-refractivity contribution in [1.82, 2.24) is 10.2 Å². The zero-order chi connectivity index (χ0) is 17.4. The molecule has 1 spiro atoms. The molecule has 0 amide bonds. The smallest absolute Gasteiger partial charge is 0.115 e. The number of hydrogen-bond donors (Lipinski definition) is 3. The Morgan fingerprint density at radius 1 is 1.24 bits per heavy atom. The molecule has 1 heterocycles. The van der Waals surface area contributed by atoms with Crippen LogP contribution in [0.4, 0.5) is 0 Å². The first-order chi connectivity index (χ1) is 11.9. The molecule has 2 saturated carbocycles. The average molecular weight is 342 g/mol. The molecule has 3 aliphatic carbocycles. The lowest BCUT2D eigenvalue weighted by Gasteiger charge is -2.76. The normalized spacial score (nSPS) is 41.2. The van der Waals surface area contributed by atoms with Gasteiger partial charge in [-0.1, -0.05) is 32.3 Å². The molecule has 3 fully saturated rings. The van der Waals surface area contributed by atoms with Gasteiger partial charge in [0.05, 0.1) is 5.60 Å². The predicted molar refractivity (Wildman–Crippen MR) is 97.8 cm³/mol. The lowest BCUT2D eigenvalue weighted by molar-refractivity contribution is -0.218. The van der Waals surface area contributed by atoms with E-state index in [1.807, 2.05) is 12.1 Å². The van der Waals surface area contributed by atoms with Crippen molar-refractivity contribution >= 4 is 0 Å². The number of rotatable bonds is 3. The molecule has 25 heavy (non-hydrogen) atoms. The number of piperidine rings is 1. The first kappa shape index (κ1) is 16.1. The highest BCUT2D eigenvalue weighted by Crippen LogP contribution is 2.70. The van der Waals surface area contributed by atoms with E-state index in [1.54, 1.807) is 0 Å². The minimum atomic E-state index is -0.532. The van der Waals surface area contributed by atoms with Gasteiger partial charge in [0, 0.05) is 36.0 Å². The van der Waals surface area contributed by atoms with Crippen LogP contribution < -0.4 is 5.32 Å². The summed E-state index contributed by atoms with van der Waals surface area (Å²) in [6, 6.07) is 6.82. The second kappa shape index (κ2) is 4.99. The average Bonchev–Trinajstić information content (AvgIpc) is 2.80. The predicted octanol–water partition coefficient (Wildman–Crippen LogP) is 2.17. The molecule has 0 bridgehead atoms. The Hall–Kier alpha value is -1.10. The molecule has 1 saturated heterocycles. The van der Waals surface area contributed by atoms with E-state index in [4.69, 9.17) is 0 Å². The number of phenols is 1. The second-order valence-corrected chi connectivity index (χ2v) is 9.38. The molecule has 1 aromatic rings. The Balaban J connectivity index is 1.44. The standard InChI is InChI=1S/C21H30N2O2/c1-19-16-10-15(24)7-6-14(16)11-21(19)13-23(2)18(21)17(19)22-12-20(25)8-4-3-5-9-20/h6-7,10,17-18,22,24-25H,3-5,8-9,11-13H2,1-2H3/t17-,18+,19-,21+/m1/s1. The van der Waals surface area contributed by atoms with Crippen molar-refractivity contribution in [2.45, 2.75) is 68.5 Å². The van der Waals surface area contributed by atoms with E-state index in [2.05, 4.69) is 30.3 Å². The van der Waals surface area contributed by atoms with Crippen LogP contribution >= 0.6 is 0 Å². The first-order valence-electron chi connectivity index (χ1n) is 9.88. The highest BCUT2D eigenvalue weighted by molar-refractivity contribution is 5.56. The summed E-state index contributed by atoms with van der Waals surface area (Å²) >= 11 is 0. The van der Waals surface area contributed by atoms with Crippen LogP contribution in [0, 0.1) is 5.41 Å². The number of nitrogens with one attached hydrogen (secondary N) is 1. The summed E-state index contributed by atoms with van der Waals surface area (Å²) in [7, 11) is 2.22. The van der Waals surface area contributed by atoms with Gasteiger partial charge in [0.15, 0.2) is 0 Å². The Labute approximate surface area is 150 Å². The van der Waals surface area contributed by atoms with Gasteiger partial charge in [-0.05, 0) is 49.6 Å². The molecule has 4 atom stereocenters. The topological polar surface area (TPSA) is 55.7 Å². The number of aliphatic hydroxyl groups is 1. The number of nitrogens with zero attached hydrogens (tertiary/aromatic N) is 1. The van der Waals surface area contributed by atoms with Crippen LogP contribution in [-0.4, -0.2) is 52.9 Å². The van der Waals surface area contributed by atoms with Gasteiger partial charge in [0.1, 0.15) is 5.75 Å². The highest BCUT2D eigenvalue weighted by atomic mass is 16.3. The van der Waals surface area contributed by atoms with Crippen molar-refractivity contribution in [3.8, 4) is 5.75 Å². The summed E-state index contributed by atoms with van der Waals surface area (Å²) in [6.45, 7) is 4.21. The second-order valence-electron chi connectivity index (χ2n) is 9.38. The van der Waals surface area contributed by atoms with E-state index in [1.165, 1.54) is 17.5 Å². The van der Waals surface area contributed by atoms with Crippen LogP contribution in [0.15, 0.2) is 18.2 Å². The van der Waals surface area contributed by atoms with E-state index in [0.717, 1.165) is 38.6 Å². The lowest BCUT2D eigenvalue weighted by Crippen LogP contribution is -2.89. The Kier molecular flexibility index (Phi) is 3.22. The van der Waals surface area contributed by atoms with Crippen LogP contribution in [0.2, 0.25) is 0 Å². The van der Waals surface area contributed by atoms with Gasteiger partial charge in [0.25, 0.3) is 0 Å². The van der Waals surface area contributed by atoms with Crippen molar-refractivity contribution in [2.75, 3.05) is 20.1 Å². The van der Waals surface area contributed by atoms with Gasteiger partial charge >= 0.3 is 0 Å². The molecule has 4 aliphatic rings. The highest BCUT2D eigenvalue weighted by Gasteiger charge is 2.78. The minimum absolute atomic E-state index is 0.0588. The van der Waals surface area contributed by atoms with E-state index >= 15 is 0 Å². The van der Waals surface area contributed by atoms with E-state index < -0.39 is 5.60 Å². The SMILES string of the molecule is CN1C[C@]23Cc4ccc(O)cc4[C@]2(C)[C@H](NCC2(O)CCCCC2)[C@H]13. The minimum Gasteiger partial charge on any atom is -0.508 e. The van der Waals surface area contributed by atoms with Gasteiger partial charge in [-0.3, -0.25) is 0 Å². The summed E-state index contributed by atoms with van der Waals surface area (Å²) in [5.41, 5.74) is 2.56. The third kappa shape index (κ3) is 1.88. The van der Waals surface area contributed by atoms with Crippen molar-refractivity contribution in [1.29, 1.82) is 0 Å². The fourth-order valence-electron chi connectivity index (χ4n) is 6.84. The van der Waals surface area contributed by atoms with Crippen LogP contribution in [0.5, 0.6) is 5.75 Å². The van der Waals surface area contributed by atoms with Gasteiger partial charge in [-0.15, -0.1) is 0 Å². The van der Waals surface area contributed by atoms with Crippen LogP contribution in [-0.2, 0) is 11.8 Å². The molecule has 5 rings (SSSR count). The van der Waals surface area contributed by atoms with Gasteiger partial charge in [0.2, 0.25) is 0 Å². The largest absolute Gasteiger partial charge is 0.508 e. The summed E-state index contributed by atoms with van der Waals surface area (Å²) in [5, 5.41) is 24.8. The van der Waals surface area contributed by atoms with E-state index in [-0.39, 0.29) is 5.41 Å². The molecule has 0 unspecified atom stereocenters. The summed E-state index contributed by atoms with van der Waals surface area (Å²) in [4.78, 5) is 2.47. The monoisotopic (exact) mass is 342 g/mol. The fourth-order valence-corrected chi connectivity index (χ4v) is 6.84. The quantitative estimate of drug-likeness (QED) is 0.788. The summed E-state index contributed by atoms with van der Waals surface area (Å²) in [6.07, 6.45) is 6.51. The molecule has 3 N–H and O–H groups in total. The number of benzene rings is 1. The number of hydrogen-bond acceptors (Lipinski definition) is 4. The Bertz CT molecular complexity index is 714. The zero-order valence-corrected chi connectivity index (χ0v) is 15.4. The molecule has 1 aromatic carbocycles. The van der Waals surface area contributed by atoms with E-state index in [0.29, 0.717) is 29.8 Å². The molecular formula is C21H30N2O2. The first-order valence-corrected chi connectivity index (χ1v) is 9.88. The van der Waals surface area contributed by atoms with Crippen LogP contribution in [0.25, 0.3) is 0 Å². The van der Waals surface area contributed by atoms with Crippen LogP contribution in [0.3, 0.4) is 0 Å². The maximum Gasteiger partial charge on any atom is 0.115 e. The Morgan fingerprint density at radius 2 is 2.00 bits per heavy atom. The third-order valence-corrected chi connectivity index (χ3v) is 8.14. The number of aromatic hydroxyl groups is 1. The third-order valence-electron chi connectivity index (χ3n) is 8.14. The summed E-state index contributed by atoms with van der Waals surface area (Å²) < 4.78 is 0. The molecule has 4 nitrogen and oxygen atoms in total. The molecule has 0 radical (unpaired) electrons. The number of likely N-dealkylation sites (N-methyl/N-ethyl adjacent to an activating group) is 1.